The van der Waals surface area contributed by atoms with Crippen LogP contribution in [0, 0.1) is 5.92 Å². The molecule has 1 unspecified atom stereocenters. The Bertz CT molecular complexity index is 1150. The van der Waals surface area contributed by atoms with Crippen LogP contribution in [0.25, 0.3) is 0 Å². The van der Waals surface area contributed by atoms with Crippen LogP contribution in [-0.4, -0.2) is 63.5 Å². The molecule has 0 amide bonds. The van der Waals surface area contributed by atoms with Crippen molar-refractivity contribution in [2.45, 2.75) is 225 Å². The third-order valence-corrected chi connectivity index (χ3v) is 11.1. The summed E-state index contributed by atoms with van der Waals surface area (Å²) in [7, 11) is -4.84. The summed E-state index contributed by atoms with van der Waals surface area (Å²) in [6.07, 6.45) is 42.9. The number of esters is 2. The van der Waals surface area contributed by atoms with Crippen molar-refractivity contribution in [3.63, 3.8) is 0 Å². The number of phosphoric acid groups is 1. The van der Waals surface area contributed by atoms with Gasteiger partial charge in [0.25, 0.3) is 0 Å². The standard InChI is InChI=1S/C48H87O10P/c1-4-6-7-8-9-10-11-21-24-27-30-33-37-45(49)46(50)38-35-40-48(52)58-44(42-57-59(53,54)55)41-56-47(51)39-34-31-28-25-22-19-17-15-13-12-14-16-18-20-23-26-29-32-36-43(3)5-2/h6-7,9-10,21,24,30,33,43-46,49-50H,4-5,8,11-20,22-23,25-29,31-32,34-42H2,1-3H3,(H2,53,54,55)/b7-6-,10-9-,24-21-,33-30-/t43?,44-,45-,46-/m1/s1. The number of aliphatic hydroxyl groups is 2. The SMILES string of the molecule is CC/C=C\C/C=C\C/C=C\C/C=C\C[C@@H](O)[C@H](O)CCCC(=O)O[C@H](COC(=O)CCCCCCCCCCCCCCCCCCCCC(C)CC)COP(=O)(O)O. The van der Waals surface area contributed by atoms with E-state index >= 15 is 0 Å². The fourth-order valence-electron chi connectivity index (χ4n) is 6.61. The molecule has 0 saturated carbocycles. The highest BCUT2D eigenvalue weighted by molar-refractivity contribution is 7.46. The van der Waals surface area contributed by atoms with Gasteiger partial charge in [-0.3, -0.25) is 14.1 Å². The summed E-state index contributed by atoms with van der Waals surface area (Å²) in [5.41, 5.74) is 0. The second-order valence-corrected chi connectivity index (χ2v) is 17.5. The van der Waals surface area contributed by atoms with Gasteiger partial charge in [-0.2, -0.15) is 0 Å². The largest absolute Gasteiger partial charge is 0.469 e. The summed E-state index contributed by atoms with van der Waals surface area (Å²) in [4.78, 5) is 43.0. The zero-order valence-electron chi connectivity index (χ0n) is 37.5. The molecule has 344 valence electrons. The lowest BCUT2D eigenvalue weighted by Crippen LogP contribution is -2.30. The number of rotatable bonds is 42. The van der Waals surface area contributed by atoms with E-state index in [0.29, 0.717) is 6.42 Å². The predicted octanol–water partition coefficient (Wildman–Crippen LogP) is 12.5. The van der Waals surface area contributed by atoms with Crippen LogP contribution in [0.15, 0.2) is 48.6 Å². The molecule has 0 radical (unpaired) electrons. The molecule has 10 nitrogen and oxygen atoms in total. The van der Waals surface area contributed by atoms with E-state index in [-0.39, 0.29) is 38.7 Å². The van der Waals surface area contributed by atoms with Crippen molar-refractivity contribution in [2.24, 2.45) is 5.92 Å². The quantitative estimate of drug-likeness (QED) is 0.0201. The molecular weight excluding hydrogens is 767 g/mol. The Labute approximate surface area is 360 Å². The summed E-state index contributed by atoms with van der Waals surface area (Å²) in [6.45, 7) is 5.73. The van der Waals surface area contributed by atoms with E-state index in [4.69, 9.17) is 19.3 Å². The average molecular weight is 855 g/mol. The molecule has 0 aromatic carbocycles. The van der Waals surface area contributed by atoms with Gasteiger partial charge in [-0.05, 0) is 57.3 Å². The molecular formula is C48H87O10P. The minimum absolute atomic E-state index is 0.104. The van der Waals surface area contributed by atoms with Crippen molar-refractivity contribution in [1.29, 1.82) is 0 Å². The lowest BCUT2D eigenvalue weighted by atomic mass is 9.99. The van der Waals surface area contributed by atoms with E-state index in [1.165, 1.54) is 103 Å². The van der Waals surface area contributed by atoms with Crippen LogP contribution in [0.5, 0.6) is 0 Å². The second-order valence-electron chi connectivity index (χ2n) is 16.3. The maximum absolute atomic E-state index is 12.5. The number of allylic oxidation sites excluding steroid dienone is 7. The predicted molar refractivity (Wildman–Crippen MR) is 242 cm³/mol. The van der Waals surface area contributed by atoms with Crippen molar-refractivity contribution in [2.75, 3.05) is 13.2 Å². The van der Waals surface area contributed by atoms with Gasteiger partial charge in [0, 0.05) is 12.8 Å². The van der Waals surface area contributed by atoms with Crippen molar-refractivity contribution in [3.8, 4) is 0 Å². The zero-order chi connectivity index (χ0) is 43.7. The maximum atomic E-state index is 12.5. The van der Waals surface area contributed by atoms with Crippen LogP contribution < -0.4 is 0 Å². The van der Waals surface area contributed by atoms with Crippen LogP contribution in [0.2, 0.25) is 0 Å². The first-order chi connectivity index (χ1) is 28.5. The zero-order valence-corrected chi connectivity index (χ0v) is 38.4. The molecule has 59 heavy (non-hydrogen) atoms. The van der Waals surface area contributed by atoms with Gasteiger partial charge in [0.1, 0.15) is 6.61 Å². The fraction of sp³-hybridized carbons (Fsp3) is 0.792. The van der Waals surface area contributed by atoms with E-state index < -0.39 is 44.7 Å². The molecule has 0 rings (SSSR count). The third-order valence-electron chi connectivity index (χ3n) is 10.6. The lowest BCUT2D eigenvalue weighted by molar-refractivity contribution is -0.161. The number of phosphoric ester groups is 1. The molecule has 0 aliphatic carbocycles. The van der Waals surface area contributed by atoms with Gasteiger partial charge in [0.05, 0.1) is 18.8 Å². The summed E-state index contributed by atoms with van der Waals surface area (Å²) >= 11 is 0. The Kier molecular flexibility index (Phi) is 39.8. The monoisotopic (exact) mass is 855 g/mol. The molecule has 4 N–H and O–H groups in total. The van der Waals surface area contributed by atoms with Crippen LogP contribution in [0.1, 0.15) is 207 Å². The molecule has 4 atom stereocenters. The number of hydrogen-bond acceptors (Lipinski definition) is 8. The number of carbonyl (C=O) groups is 2. The molecule has 11 heteroatoms. The Morgan fingerprint density at radius 2 is 0.983 bits per heavy atom. The molecule has 0 bridgehead atoms. The van der Waals surface area contributed by atoms with Gasteiger partial charge in [0.2, 0.25) is 0 Å². The van der Waals surface area contributed by atoms with E-state index in [0.717, 1.165) is 50.9 Å². The second kappa shape index (κ2) is 41.3. The Morgan fingerprint density at radius 1 is 0.542 bits per heavy atom. The molecule has 0 aliphatic heterocycles. The minimum atomic E-state index is -4.84. The maximum Gasteiger partial charge on any atom is 0.469 e. The van der Waals surface area contributed by atoms with Gasteiger partial charge in [-0.25, -0.2) is 4.57 Å². The number of carbonyl (C=O) groups excluding carboxylic acids is 2. The number of aliphatic hydroxyl groups excluding tert-OH is 2. The first-order valence-corrected chi connectivity index (χ1v) is 25.0. The Hall–Kier alpha value is -2.07. The smallest absolute Gasteiger partial charge is 0.462 e. The number of ether oxygens (including phenoxy) is 2. The summed E-state index contributed by atoms with van der Waals surface area (Å²) in [5.74, 6) is -0.276. The van der Waals surface area contributed by atoms with Gasteiger partial charge in [-0.15, -0.1) is 0 Å². The molecule has 0 spiro atoms. The highest BCUT2D eigenvalue weighted by atomic mass is 31.2. The lowest BCUT2D eigenvalue weighted by Gasteiger charge is -2.19. The Morgan fingerprint density at radius 3 is 1.46 bits per heavy atom. The van der Waals surface area contributed by atoms with Crippen molar-refractivity contribution in [3.05, 3.63) is 48.6 Å². The van der Waals surface area contributed by atoms with E-state index in [9.17, 15) is 24.4 Å². The van der Waals surface area contributed by atoms with Gasteiger partial charge in [-0.1, -0.05) is 191 Å². The normalized spacial score (nSPS) is 14.5. The first-order valence-electron chi connectivity index (χ1n) is 23.5. The molecule has 0 aliphatic rings. The summed E-state index contributed by atoms with van der Waals surface area (Å²) in [5, 5.41) is 20.6. The van der Waals surface area contributed by atoms with Crippen molar-refractivity contribution in [1.82, 2.24) is 0 Å². The van der Waals surface area contributed by atoms with E-state index in [2.05, 4.69) is 55.7 Å². The number of hydrogen-bond donors (Lipinski definition) is 4. The van der Waals surface area contributed by atoms with Crippen LogP contribution in [0.3, 0.4) is 0 Å². The fourth-order valence-corrected chi connectivity index (χ4v) is 6.97. The highest BCUT2D eigenvalue weighted by Crippen LogP contribution is 2.36. The molecule has 0 saturated heterocycles. The highest BCUT2D eigenvalue weighted by Gasteiger charge is 2.23. The van der Waals surface area contributed by atoms with Crippen LogP contribution in [0.4, 0.5) is 0 Å². The van der Waals surface area contributed by atoms with Crippen molar-refractivity contribution >= 4 is 19.8 Å². The van der Waals surface area contributed by atoms with Crippen LogP contribution >= 0.6 is 7.82 Å². The number of unbranched alkanes of at least 4 members (excludes halogenated alkanes) is 17. The first kappa shape index (κ1) is 56.9. The van der Waals surface area contributed by atoms with E-state index in [1.54, 1.807) is 0 Å². The summed E-state index contributed by atoms with van der Waals surface area (Å²) in [6, 6.07) is 0. The van der Waals surface area contributed by atoms with Gasteiger partial charge in [0.15, 0.2) is 6.10 Å². The summed E-state index contributed by atoms with van der Waals surface area (Å²) < 4.78 is 26.3. The topological polar surface area (TPSA) is 160 Å². The Balaban J connectivity index is 4.04. The average Bonchev–Trinajstić information content (AvgIpc) is 3.20. The third kappa shape index (κ3) is 42.4. The van der Waals surface area contributed by atoms with Gasteiger partial charge >= 0.3 is 19.8 Å². The van der Waals surface area contributed by atoms with E-state index in [1.807, 2.05) is 18.2 Å². The minimum Gasteiger partial charge on any atom is -0.462 e. The molecule has 0 aromatic heterocycles. The molecule has 0 heterocycles. The molecule has 0 fully saturated rings. The molecule has 0 aromatic rings. The van der Waals surface area contributed by atoms with Gasteiger partial charge < -0.3 is 29.5 Å². The van der Waals surface area contributed by atoms with Crippen molar-refractivity contribution < 1.29 is 48.2 Å². The van der Waals surface area contributed by atoms with Crippen LogP contribution in [-0.2, 0) is 28.2 Å².